The minimum absolute atomic E-state index is 0.718. The average Bonchev–Trinajstić information content (AvgIpc) is 2.66. The second kappa shape index (κ2) is 7.46. The first-order chi connectivity index (χ1) is 9.65. The van der Waals surface area contributed by atoms with E-state index in [2.05, 4.69) is 40.1 Å². The maximum Gasteiger partial charge on any atom is 0.134 e. The van der Waals surface area contributed by atoms with Crippen molar-refractivity contribution in [3.05, 3.63) is 11.9 Å². The van der Waals surface area contributed by atoms with Crippen molar-refractivity contribution in [2.75, 3.05) is 29.9 Å². The summed E-state index contributed by atoms with van der Waals surface area (Å²) in [6.07, 6.45) is 6.42. The molecule has 1 fully saturated rings. The normalized spacial score (nSPS) is 16.3. The maximum absolute atomic E-state index is 4.62. The van der Waals surface area contributed by atoms with Crippen LogP contribution in [0.3, 0.4) is 0 Å². The second-order valence-corrected chi connectivity index (χ2v) is 6.17. The quantitative estimate of drug-likeness (QED) is 0.891. The van der Waals surface area contributed by atoms with Gasteiger partial charge in [-0.3, -0.25) is 0 Å². The Morgan fingerprint density at radius 3 is 2.50 bits per heavy atom. The van der Waals surface area contributed by atoms with Crippen molar-refractivity contribution in [2.24, 2.45) is 5.92 Å². The summed E-state index contributed by atoms with van der Waals surface area (Å²) in [5.74, 6) is 3.64. The van der Waals surface area contributed by atoms with Crippen LogP contribution in [0.2, 0.25) is 0 Å². The molecule has 112 valence electrons. The highest BCUT2D eigenvalue weighted by atomic mass is 15.2. The van der Waals surface area contributed by atoms with Crippen molar-refractivity contribution in [3.63, 3.8) is 0 Å². The molecule has 0 aromatic carbocycles. The Labute approximate surface area is 123 Å². The third-order valence-corrected chi connectivity index (χ3v) is 3.78. The van der Waals surface area contributed by atoms with E-state index < -0.39 is 0 Å². The van der Waals surface area contributed by atoms with Crippen LogP contribution in [0.15, 0.2) is 6.07 Å². The predicted molar refractivity (Wildman–Crippen MR) is 85.4 cm³/mol. The summed E-state index contributed by atoms with van der Waals surface area (Å²) >= 11 is 0. The molecule has 4 heteroatoms. The van der Waals surface area contributed by atoms with Crippen LogP contribution in [0.5, 0.6) is 0 Å². The van der Waals surface area contributed by atoms with Gasteiger partial charge in [-0.1, -0.05) is 26.7 Å². The first kappa shape index (κ1) is 15.1. The van der Waals surface area contributed by atoms with Gasteiger partial charge >= 0.3 is 0 Å². The summed E-state index contributed by atoms with van der Waals surface area (Å²) in [5.41, 5.74) is 0. The van der Waals surface area contributed by atoms with Gasteiger partial charge in [0.1, 0.15) is 17.5 Å². The maximum atomic E-state index is 4.62. The Balaban J connectivity index is 2.03. The van der Waals surface area contributed by atoms with Crippen LogP contribution >= 0.6 is 0 Å². The molecule has 20 heavy (non-hydrogen) atoms. The van der Waals surface area contributed by atoms with Gasteiger partial charge in [-0.05, 0) is 32.1 Å². The third-order valence-electron chi connectivity index (χ3n) is 3.78. The zero-order chi connectivity index (χ0) is 14.4. The SMILES string of the molecule is Cc1nc(NCCC(C)C)cc(N2CCCCCC2)n1. The molecule has 0 atom stereocenters. The molecule has 2 rings (SSSR count). The van der Waals surface area contributed by atoms with Gasteiger partial charge < -0.3 is 10.2 Å². The van der Waals surface area contributed by atoms with Gasteiger partial charge in [0.05, 0.1) is 0 Å². The molecule has 0 bridgehead atoms. The Hall–Kier alpha value is -1.32. The number of anilines is 2. The lowest BCUT2D eigenvalue weighted by Crippen LogP contribution is -2.25. The Morgan fingerprint density at radius 2 is 1.85 bits per heavy atom. The van der Waals surface area contributed by atoms with Crippen LogP contribution in [0.4, 0.5) is 11.6 Å². The lowest BCUT2D eigenvalue weighted by molar-refractivity contribution is 0.606. The molecule has 1 saturated heterocycles. The number of hydrogen-bond acceptors (Lipinski definition) is 4. The summed E-state index contributed by atoms with van der Waals surface area (Å²) in [7, 11) is 0. The molecule has 1 N–H and O–H groups in total. The van der Waals surface area contributed by atoms with Crippen molar-refractivity contribution in [3.8, 4) is 0 Å². The highest BCUT2D eigenvalue weighted by Gasteiger charge is 2.12. The molecule has 0 saturated carbocycles. The zero-order valence-corrected chi connectivity index (χ0v) is 13.2. The summed E-state index contributed by atoms with van der Waals surface area (Å²) in [6.45, 7) is 9.71. The van der Waals surface area contributed by atoms with Crippen LogP contribution in [0.25, 0.3) is 0 Å². The minimum atomic E-state index is 0.718. The number of rotatable bonds is 5. The Kier molecular flexibility index (Phi) is 5.62. The molecule has 0 spiro atoms. The monoisotopic (exact) mass is 276 g/mol. The lowest BCUT2D eigenvalue weighted by Gasteiger charge is -2.22. The third kappa shape index (κ3) is 4.66. The van der Waals surface area contributed by atoms with Gasteiger partial charge in [-0.15, -0.1) is 0 Å². The number of aryl methyl sites for hydroxylation is 1. The van der Waals surface area contributed by atoms with Crippen molar-refractivity contribution in [2.45, 2.75) is 52.9 Å². The minimum Gasteiger partial charge on any atom is -0.370 e. The highest BCUT2D eigenvalue weighted by molar-refractivity contribution is 5.49. The molecule has 2 heterocycles. The molecule has 1 aromatic rings. The van der Waals surface area contributed by atoms with E-state index in [1.807, 2.05) is 6.92 Å². The first-order valence-corrected chi connectivity index (χ1v) is 7.99. The molecular weight excluding hydrogens is 248 g/mol. The number of nitrogens with zero attached hydrogens (tertiary/aromatic N) is 3. The van der Waals surface area contributed by atoms with Crippen molar-refractivity contribution in [1.29, 1.82) is 0 Å². The van der Waals surface area contributed by atoms with E-state index in [0.717, 1.165) is 43.0 Å². The van der Waals surface area contributed by atoms with Gasteiger partial charge in [-0.2, -0.15) is 0 Å². The van der Waals surface area contributed by atoms with Gasteiger partial charge in [0.25, 0.3) is 0 Å². The smallest absolute Gasteiger partial charge is 0.134 e. The zero-order valence-electron chi connectivity index (χ0n) is 13.2. The molecule has 0 radical (unpaired) electrons. The summed E-state index contributed by atoms with van der Waals surface area (Å²) in [6, 6.07) is 2.11. The van der Waals surface area contributed by atoms with Gasteiger partial charge in [0.15, 0.2) is 0 Å². The second-order valence-electron chi connectivity index (χ2n) is 6.17. The first-order valence-electron chi connectivity index (χ1n) is 7.99. The lowest BCUT2D eigenvalue weighted by atomic mass is 10.1. The van der Waals surface area contributed by atoms with Crippen molar-refractivity contribution >= 4 is 11.6 Å². The van der Waals surface area contributed by atoms with Crippen LogP contribution in [-0.4, -0.2) is 29.6 Å². The molecular formula is C16H28N4. The van der Waals surface area contributed by atoms with E-state index in [1.54, 1.807) is 0 Å². The molecule has 1 aromatic heterocycles. The number of hydrogen-bond donors (Lipinski definition) is 1. The van der Waals surface area contributed by atoms with E-state index in [-0.39, 0.29) is 0 Å². The van der Waals surface area contributed by atoms with E-state index in [1.165, 1.54) is 32.1 Å². The van der Waals surface area contributed by atoms with Crippen LogP contribution < -0.4 is 10.2 Å². The van der Waals surface area contributed by atoms with Crippen molar-refractivity contribution < 1.29 is 0 Å². The number of aromatic nitrogens is 2. The van der Waals surface area contributed by atoms with Gasteiger partial charge in [0, 0.05) is 25.7 Å². The predicted octanol–water partition coefficient (Wildman–Crippen LogP) is 3.62. The fraction of sp³-hybridized carbons (Fsp3) is 0.750. The molecule has 0 aliphatic carbocycles. The topological polar surface area (TPSA) is 41.1 Å². The molecule has 1 aliphatic rings. The standard InChI is InChI=1S/C16H28N4/c1-13(2)8-9-17-15-12-16(19-14(3)18-15)20-10-6-4-5-7-11-20/h12-13H,4-11H2,1-3H3,(H,17,18,19). The summed E-state index contributed by atoms with van der Waals surface area (Å²) in [5, 5.41) is 3.43. The molecule has 0 unspecified atom stereocenters. The molecule has 1 aliphatic heterocycles. The van der Waals surface area contributed by atoms with Crippen molar-refractivity contribution in [1.82, 2.24) is 9.97 Å². The van der Waals surface area contributed by atoms with E-state index in [0.29, 0.717) is 0 Å². The van der Waals surface area contributed by atoms with E-state index >= 15 is 0 Å². The molecule has 0 amide bonds. The van der Waals surface area contributed by atoms with Crippen LogP contribution in [-0.2, 0) is 0 Å². The number of nitrogens with one attached hydrogen (secondary N) is 1. The van der Waals surface area contributed by atoms with E-state index in [9.17, 15) is 0 Å². The van der Waals surface area contributed by atoms with Crippen LogP contribution in [0.1, 0.15) is 51.8 Å². The largest absolute Gasteiger partial charge is 0.370 e. The highest BCUT2D eigenvalue weighted by Crippen LogP contribution is 2.20. The molecule has 4 nitrogen and oxygen atoms in total. The Bertz CT molecular complexity index is 409. The summed E-state index contributed by atoms with van der Waals surface area (Å²) < 4.78 is 0. The average molecular weight is 276 g/mol. The van der Waals surface area contributed by atoms with E-state index in [4.69, 9.17) is 0 Å². The summed E-state index contributed by atoms with van der Waals surface area (Å²) in [4.78, 5) is 11.5. The Morgan fingerprint density at radius 1 is 1.15 bits per heavy atom. The van der Waals surface area contributed by atoms with Gasteiger partial charge in [-0.25, -0.2) is 9.97 Å². The fourth-order valence-corrected chi connectivity index (χ4v) is 2.59. The van der Waals surface area contributed by atoms with Crippen LogP contribution in [0, 0.1) is 12.8 Å². The fourth-order valence-electron chi connectivity index (χ4n) is 2.59. The van der Waals surface area contributed by atoms with Gasteiger partial charge in [0.2, 0.25) is 0 Å².